The lowest BCUT2D eigenvalue weighted by molar-refractivity contribution is -0.155. The minimum atomic E-state index is 0.131. The zero-order valence-electron chi connectivity index (χ0n) is 11.5. The molecule has 0 amide bonds. The van der Waals surface area contributed by atoms with Gasteiger partial charge in [-0.25, -0.2) is 0 Å². The Bertz CT molecular complexity index is 300. The van der Waals surface area contributed by atoms with E-state index >= 15 is 0 Å². The van der Waals surface area contributed by atoms with Gasteiger partial charge in [0.25, 0.3) is 0 Å². The van der Waals surface area contributed by atoms with Crippen molar-refractivity contribution in [1.82, 2.24) is 0 Å². The molecule has 2 nitrogen and oxygen atoms in total. The summed E-state index contributed by atoms with van der Waals surface area (Å²) in [4.78, 5) is 12.3. The first-order chi connectivity index (χ1) is 8.77. The highest BCUT2D eigenvalue weighted by atomic mass is 16.5. The van der Waals surface area contributed by atoms with Gasteiger partial charge in [0.1, 0.15) is 5.78 Å². The van der Waals surface area contributed by atoms with E-state index in [0.29, 0.717) is 11.7 Å². The van der Waals surface area contributed by atoms with Crippen LogP contribution in [0.2, 0.25) is 0 Å². The third-order valence-electron chi connectivity index (χ3n) is 5.49. The molecule has 1 spiro atoms. The second-order valence-corrected chi connectivity index (χ2v) is 6.73. The predicted molar refractivity (Wildman–Crippen MR) is 71.5 cm³/mol. The highest BCUT2D eigenvalue weighted by Crippen LogP contribution is 2.44. The summed E-state index contributed by atoms with van der Waals surface area (Å²) in [6.07, 6.45) is 13.2. The summed E-state index contributed by atoms with van der Waals surface area (Å²) in [5, 5.41) is 0. The van der Waals surface area contributed by atoms with E-state index in [4.69, 9.17) is 4.74 Å². The number of ether oxygens (including phenoxy) is 1. The van der Waals surface area contributed by atoms with Gasteiger partial charge in [0.2, 0.25) is 0 Å². The van der Waals surface area contributed by atoms with Crippen LogP contribution in [0, 0.1) is 11.8 Å². The summed E-state index contributed by atoms with van der Waals surface area (Å²) in [5.41, 5.74) is 0.131. The van der Waals surface area contributed by atoms with Gasteiger partial charge in [-0.3, -0.25) is 4.79 Å². The molecule has 2 heteroatoms. The molecule has 0 radical (unpaired) electrons. The van der Waals surface area contributed by atoms with Crippen molar-refractivity contribution in [1.29, 1.82) is 0 Å². The molecule has 1 aliphatic heterocycles. The van der Waals surface area contributed by atoms with Crippen LogP contribution in [-0.2, 0) is 9.53 Å². The molecular formula is C16H26O2. The summed E-state index contributed by atoms with van der Waals surface area (Å²) in [7, 11) is 0. The van der Waals surface area contributed by atoms with Crippen molar-refractivity contribution < 1.29 is 9.53 Å². The summed E-state index contributed by atoms with van der Waals surface area (Å²) in [6, 6.07) is 0. The molecule has 1 heterocycles. The Morgan fingerprint density at radius 2 is 1.89 bits per heavy atom. The van der Waals surface area contributed by atoms with Crippen LogP contribution < -0.4 is 0 Å². The van der Waals surface area contributed by atoms with Gasteiger partial charge in [-0.15, -0.1) is 0 Å². The van der Waals surface area contributed by atoms with E-state index in [0.717, 1.165) is 38.2 Å². The van der Waals surface area contributed by atoms with E-state index in [1.54, 1.807) is 0 Å². The molecule has 102 valence electrons. The molecule has 0 aromatic rings. The van der Waals surface area contributed by atoms with E-state index in [1.165, 1.54) is 44.9 Å². The first kappa shape index (κ1) is 12.7. The number of carbonyl (C=O) groups is 1. The lowest BCUT2D eigenvalue weighted by Crippen LogP contribution is -2.47. The highest BCUT2D eigenvalue weighted by Gasteiger charge is 2.44. The van der Waals surface area contributed by atoms with Crippen LogP contribution in [-0.4, -0.2) is 18.0 Å². The van der Waals surface area contributed by atoms with Crippen molar-refractivity contribution in [3.8, 4) is 0 Å². The number of Topliss-reactive ketones (excluding diaryl/α,β-unsaturated/α-hetero) is 1. The molecule has 1 unspecified atom stereocenters. The quantitative estimate of drug-likeness (QED) is 0.757. The van der Waals surface area contributed by atoms with Gasteiger partial charge in [-0.05, 0) is 44.4 Å². The van der Waals surface area contributed by atoms with E-state index in [1.807, 2.05) is 0 Å². The van der Waals surface area contributed by atoms with Gasteiger partial charge in [-0.1, -0.05) is 25.7 Å². The van der Waals surface area contributed by atoms with Crippen molar-refractivity contribution in [3.05, 3.63) is 0 Å². The molecule has 0 N–H and O–H groups in total. The Hall–Kier alpha value is -0.370. The zero-order chi connectivity index (χ0) is 12.4. The number of rotatable bonds is 4. The fourth-order valence-electron chi connectivity index (χ4n) is 4.07. The van der Waals surface area contributed by atoms with Crippen molar-refractivity contribution in [3.63, 3.8) is 0 Å². The first-order valence-electron chi connectivity index (χ1n) is 7.94. The predicted octanol–water partition coefficient (Wildman–Crippen LogP) is 3.88. The maximum Gasteiger partial charge on any atom is 0.136 e. The number of ketones is 1. The monoisotopic (exact) mass is 250 g/mol. The molecule has 3 aliphatic rings. The second kappa shape index (κ2) is 5.32. The van der Waals surface area contributed by atoms with Gasteiger partial charge >= 0.3 is 0 Å². The van der Waals surface area contributed by atoms with Crippen molar-refractivity contribution in [2.45, 2.75) is 76.2 Å². The van der Waals surface area contributed by atoms with Gasteiger partial charge in [0.05, 0.1) is 5.60 Å². The third-order valence-corrected chi connectivity index (χ3v) is 5.49. The number of hydrogen-bond acceptors (Lipinski definition) is 2. The Morgan fingerprint density at radius 3 is 2.56 bits per heavy atom. The smallest absolute Gasteiger partial charge is 0.136 e. The first-order valence-corrected chi connectivity index (χ1v) is 7.94. The molecule has 0 aromatic heterocycles. The molecule has 1 saturated heterocycles. The molecule has 18 heavy (non-hydrogen) atoms. The molecular weight excluding hydrogens is 224 g/mol. The number of carbonyl (C=O) groups excluding carboxylic acids is 1. The second-order valence-electron chi connectivity index (χ2n) is 6.73. The van der Waals surface area contributed by atoms with Crippen LogP contribution in [0.15, 0.2) is 0 Å². The molecule has 2 saturated carbocycles. The topological polar surface area (TPSA) is 26.3 Å². The van der Waals surface area contributed by atoms with E-state index < -0.39 is 0 Å². The van der Waals surface area contributed by atoms with Crippen molar-refractivity contribution in [2.24, 2.45) is 11.8 Å². The van der Waals surface area contributed by atoms with Crippen molar-refractivity contribution in [2.75, 3.05) is 6.61 Å². The minimum Gasteiger partial charge on any atom is -0.375 e. The van der Waals surface area contributed by atoms with Gasteiger partial charge in [0, 0.05) is 18.9 Å². The maximum absolute atomic E-state index is 12.3. The third kappa shape index (κ3) is 2.64. The summed E-state index contributed by atoms with van der Waals surface area (Å²) in [5.74, 6) is 1.71. The fourth-order valence-corrected chi connectivity index (χ4v) is 4.07. The van der Waals surface area contributed by atoms with E-state index in [9.17, 15) is 4.79 Å². The lowest BCUT2D eigenvalue weighted by Gasteiger charge is -2.46. The number of hydrogen-bond donors (Lipinski definition) is 0. The maximum atomic E-state index is 12.3. The summed E-state index contributed by atoms with van der Waals surface area (Å²) in [6.45, 7) is 0.819. The largest absolute Gasteiger partial charge is 0.375 e. The molecule has 1 atom stereocenters. The van der Waals surface area contributed by atoms with Gasteiger partial charge in [-0.2, -0.15) is 0 Å². The van der Waals surface area contributed by atoms with Crippen LogP contribution in [0.4, 0.5) is 0 Å². The molecule has 2 aliphatic carbocycles. The molecule has 3 rings (SSSR count). The Morgan fingerprint density at radius 1 is 1.11 bits per heavy atom. The van der Waals surface area contributed by atoms with Crippen LogP contribution in [0.25, 0.3) is 0 Å². The Kier molecular flexibility index (Phi) is 3.74. The summed E-state index contributed by atoms with van der Waals surface area (Å²) >= 11 is 0. The fraction of sp³-hybridized carbons (Fsp3) is 0.938. The normalized spacial score (nSPS) is 31.4. The minimum absolute atomic E-state index is 0.131. The molecule has 0 bridgehead atoms. The zero-order valence-corrected chi connectivity index (χ0v) is 11.5. The van der Waals surface area contributed by atoms with Crippen molar-refractivity contribution >= 4 is 5.78 Å². The summed E-state index contributed by atoms with van der Waals surface area (Å²) < 4.78 is 5.91. The highest BCUT2D eigenvalue weighted by molar-refractivity contribution is 5.81. The standard InChI is InChI=1S/C16H26O2/c17-15(7-6-13-4-1-2-5-13)14-8-11-18-16(12-14)9-3-10-16/h13-14H,1-12H2. The lowest BCUT2D eigenvalue weighted by atomic mass is 9.70. The average molecular weight is 250 g/mol. The van der Waals surface area contributed by atoms with Crippen LogP contribution >= 0.6 is 0 Å². The van der Waals surface area contributed by atoms with E-state index in [2.05, 4.69) is 0 Å². The Labute approximate surface area is 110 Å². The SMILES string of the molecule is O=C(CCC1CCCC1)C1CCOC2(CCC2)C1. The van der Waals surface area contributed by atoms with Crippen LogP contribution in [0.5, 0.6) is 0 Å². The van der Waals surface area contributed by atoms with Crippen LogP contribution in [0.3, 0.4) is 0 Å². The van der Waals surface area contributed by atoms with Crippen LogP contribution in [0.1, 0.15) is 70.6 Å². The van der Waals surface area contributed by atoms with Gasteiger partial charge < -0.3 is 4.74 Å². The van der Waals surface area contributed by atoms with Gasteiger partial charge in [0.15, 0.2) is 0 Å². The molecule has 3 fully saturated rings. The Balaban J connectivity index is 1.46. The van der Waals surface area contributed by atoms with E-state index in [-0.39, 0.29) is 5.60 Å². The average Bonchev–Trinajstić information content (AvgIpc) is 2.87. The molecule has 0 aromatic carbocycles.